The van der Waals surface area contributed by atoms with Gasteiger partial charge in [-0.2, -0.15) is 5.10 Å². The number of benzene rings is 2. The highest BCUT2D eigenvalue weighted by molar-refractivity contribution is 7.71. The monoisotopic (exact) mass is 450 g/mol. The highest BCUT2D eigenvalue weighted by atomic mass is 35.5. The van der Waals surface area contributed by atoms with Crippen molar-refractivity contribution < 1.29 is 9.53 Å². The predicted molar refractivity (Wildman–Crippen MR) is 117 cm³/mol. The van der Waals surface area contributed by atoms with Gasteiger partial charge in [0.05, 0.1) is 17.2 Å². The lowest BCUT2D eigenvalue weighted by molar-refractivity contribution is -0.121. The molecule has 1 aromatic heterocycles. The Bertz CT molecular complexity index is 1050. The Labute approximate surface area is 183 Å². The van der Waals surface area contributed by atoms with Crippen LogP contribution in [0.2, 0.25) is 10.0 Å². The number of aromatic nitrogens is 3. The van der Waals surface area contributed by atoms with Crippen molar-refractivity contribution in [3.8, 4) is 17.1 Å². The fourth-order valence-electron chi connectivity index (χ4n) is 2.87. The maximum atomic E-state index is 12.3. The van der Waals surface area contributed by atoms with Crippen LogP contribution in [-0.4, -0.2) is 34.3 Å². The lowest BCUT2D eigenvalue weighted by Crippen LogP contribution is -2.26. The number of rotatable bonds is 8. The van der Waals surface area contributed by atoms with Gasteiger partial charge in [-0.25, -0.2) is 0 Å². The van der Waals surface area contributed by atoms with Crippen LogP contribution in [0.5, 0.6) is 5.75 Å². The van der Waals surface area contributed by atoms with Crippen LogP contribution in [0.4, 0.5) is 0 Å². The van der Waals surface area contributed by atoms with Crippen LogP contribution in [0, 0.1) is 4.77 Å². The molecule has 0 aliphatic rings. The van der Waals surface area contributed by atoms with Gasteiger partial charge in [0.2, 0.25) is 5.91 Å². The first-order chi connectivity index (χ1) is 14.0. The Kier molecular flexibility index (Phi) is 7.30. The number of nitrogens with zero attached hydrogens (tertiary/aromatic N) is 2. The van der Waals surface area contributed by atoms with Crippen molar-refractivity contribution in [3.63, 3.8) is 0 Å². The van der Waals surface area contributed by atoms with Gasteiger partial charge in [0.15, 0.2) is 10.6 Å². The van der Waals surface area contributed by atoms with E-state index in [9.17, 15) is 4.79 Å². The number of carbonyl (C=O) groups excluding carboxylic acids is 1. The summed E-state index contributed by atoms with van der Waals surface area (Å²) in [4.78, 5) is 12.3. The molecule has 0 aliphatic heterocycles. The van der Waals surface area contributed by atoms with Gasteiger partial charge < -0.3 is 10.1 Å². The molecule has 3 rings (SSSR count). The predicted octanol–water partition coefficient (Wildman–Crippen LogP) is 4.67. The summed E-state index contributed by atoms with van der Waals surface area (Å²) in [5, 5.41) is 11.0. The van der Waals surface area contributed by atoms with Gasteiger partial charge in [0, 0.05) is 25.1 Å². The van der Waals surface area contributed by atoms with E-state index >= 15 is 0 Å². The van der Waals surface area contributed by atoms with Crippen LogP contribution in [0.1, 0.15) is 12.0 Å². The normalized spacial score (nSPS) is 10.7. The summed E-state index contributed by atoms with van der Waals surface area (Å²) in [7, 11) is 1.62. The number of carbonyl (C=O) groups is 1. The summed E-state index contributed by atoms with van der Waals surface area (Å²) in [6.07, 6.45) is 0.883. The number of hydrogen-bond donors (Lipinski definition) is 2. The fraction of sp³-hybridized carbons (Fsp3) is 0.250. The van der Waals surface area contributed by atoms with Crippen molar-refractivity contribution in [2.75, 3.05) is 13.7 Å². The highest BCUT2D eigenvalue weighted by Crippen LogP contribution is 2.25. The van der Waals surface area contributed by atoms with E-state index < -0.39 is 0 Å². The van der Waals surface area contributed by atoms with Crippen molar-refractivity contribution in [3.05, 3.63) is 62.8 Å². The Balaban J connectivity index is 1.57. The van der Waals surface area contributed by atoms with Gasteiger partial charge in [-0.15, -0.1) is 0 Å². The molecule has 0 aliphatic carbocycles. The second-order valence-corrected chi connectivity index (χ2v) is 7.47. The van der Waals surface area contributed by atoms with Gasteiger partial charge >= 0.3 is 0 Å². The third-order valence-electron chi connectivity index (χ3n) is 4.42. The summed E-state index contributed by atoms with van der Waals surface area (Å²) >= 11 is 17.5. The molecule has 1 amide bonds. The maximum Gasteiger partial charge on any atom is 0.221 e. The Morgan fingerprint density at radius 2 is 2.00 bits per heavy atom. The van der Waals surface area contributed by atoms with E-state index in [2.05, 4.69) is 15.5 Å². The molecule has 29 heavy (non-hydrogen) atoms. The smallest absolute Gasteiger partial charge is 0.221 e. The average Bonchev–Trinajstić information content (AvgIpc) is 3.10. The largest absolute Gasteiger partial charge is 0.497 e. The average molecular weight is 451 g/mol. The highest BCUT2D eigenvalue weighted by Gasteiger charge is 2.11. The Morgan fingerprint density at radius 3 is 2.72 bits per heavy atom. The third-order valence-corrected chi connectivity index (χ3v) is 5.59. The number of ether oxygens (including phenoxy) is 1. The summed E-state index contributed by atoms with van der Waals surface area (Å²) in [6, 6.07) is 13.0. The van der Waals surface area contributed by atoms with Crippen LogP contribution in [0.3, 0.4) is 0 Å². The van der Waals surface area contributed by atoms with E-state index in [0.29, 0.717) is 40.2 Å². The molecule has 2 aromatic carbocycles. The maximum absolute atomic E-state index is 12.3. The van der Waals surface area contributed by atoms with Crippen LogP contribution >= 0.6 is 35.4 Å². The van der Waals surface area contributed by atoms with Crippen molar-refractivity contribution in [2.45, 2.75) is 19.4 Å². The number of hydrogen-bond acceptors (Lipinski definition) is 4. The second kappa shape index (κ2) is 9.91. The fourth-order valence-corrected chi connectivity index (χ4v) is 3.50. The van der Waals surface area contributed by atoms with E-state index in [-0.39, 0.29) is 12.3 Å². The van der Waals surface area contributed by atoms with Crippen molar-refractivity contribution >= 4 is 41.3 Å². The van der Waals surface area contributed by atoms with Crippen LogP contribution in [0.25, 0.3) is 11.4 Å². The summed E-state index contributed by atoms with van der Waals surface area (Å²) in [5.74, 6) is 1.36. The first-order valence-electron chi connectivity index (χ1n) is 8.99. The summed E-state index contributed by atoms with van der Waals surface area (Å²) in [5.41, 5.74) is 1.78. The molecule has 2 N–H and O–H groups in total. The molecule has 3 aromatic rings. The number of methoxy groups -OCH3 is 1. The van der Waals surface area contributed by atoms with E-state index in [1.807, 2.05) is 41.0 Å². The van der Waals surface area contributed by atoms with Gasteiger partial charge in [-0.3, -0.25) is 14.5 Å². The van der Waals surface area contributed by atoms with Crippen LogP contribution < -0.4 is 10.1 Å². The Hall–Kier alpha value is -2.35. The molecule has 152 valence electrons. The zero-order valence-corrected chi connectivity index (χ0v) is 18.1. The van der Waals surface area contributed by atoms with E-state index in [0.717, 1.165) is 16.9 Å². The lowest BCUT2D eigenvalue weighted by Gasteiger charge is -2.09. The van der Waals surface area contributed by atoms with Gasteiger partial charge in [-0.05, 0) is 54.5 Å². The zero-order valence-electron chi connectivity index (χ0n) is 15.7. The number of nitrogens with one attached hydrogen (secondary N) is 2. The minimum Gasteiger partial charge on any atom is -0.497 e. The quantitative estimate of drug-likeness (QED) is 0.489. The topological polar surface area (TPSA) is 71.9 Å². The summed E-state index contributed by atoms with van der Waals surface area (Å²) in [6.45, 7) is 0.890. The van der Waals surface area contributed by atoms with Gasteiger partial charge in [0.1, 0.15) is 5.75 Å². The number of H-pyrrole nitrogens is 1. The standard InChI is InChI=1S/C20H20Cl2N4O2S/c1-28-15-7-5-14(6-8-15)19-24-25-20(29)26(19)12-10-17(27)23-11-9-13-3-2-4-16(21)18(13)22/h2-8H,9-12H2,1H3,(H,23,27)(H,25,29). The third kappa shape index (κ3) is 5.38. The number of amides is 1. The molecule has 0 saturated carbocycles. The molecule has 0 unspecified atom stereocenters. The first kappa shape index (κ1) is 21.4. The lowest BCUT2D eigenvalue weighted by atomic mass is 10.1. The first-order valence-corrected chi connectivity index (χ1v) is 10.1. The van der Waals surface area contributed by atoms with Crippen molar-refractivity contribution in [1.82, 2.24) is 20.1 Å². The molecule has 1 heterocycles. The second-order valence-electron chi connectivity index (χ2n) is 6.30. The van der Waals surface area contributed by atoms with Crippen LogP contribution in [-0.2, 0) is 17.8 Å². The number of aromatic amines is 1. The molecule has 0 spiro atoms. The molecule has 0 fully saturated rings. The van der Waals surface area contributed by atoms with Gasteiger partial charge in [0.25, 0.3) is 0 Å². The van der Waals surface area contributed by atoms with Crippen molar-refractivity contribution in [1.29, 1.82) is 0 Å². The minimum absolute atomic E-state index is 0.0769. The van der Waals surface area contributed by atoms with Gasteiger partial charge in [-0.1, -0.05) is 35.3 Å². The molecular formula is C20H20Cl2N4O2S. The molecule has 0 bridgehead atoms. The van der Waals surface area contributed by atoms with E-state index in [1.165, 1.54) is 0 Å². The molecule has 0 saturated heterocycles. The minimum atomic E-state index is -0.0769. The number of halogens is 2. The zero-order chi connectivity index (χ0) is 20.8. The van der Waals surface area contributed by atoms with Crippen molar-refractivity contribution in [2.24, 2.45) is 0 Å². The Morgan fingerprint density at radius 1 is 1.24 bits per heavy atom. The SMILES string of the molecule is COc1ccc(-c2n[nH]c(=S)n2CCC(=O)NCCc2cccc(Cl)c2Cl)cc1. The molecule has 9 heteroatoms. The molecule has 0 radical (unpaired) electrons. The molecule has 6 nitrogen and oxygen atoms in total. The van der Waals surface area contributed by atoms with Crippen LogP contribution in [0.15, 0.2) is 42.5 Å². The molecule has 0 atom stereocenters. The molecular weight excluding hydrogens is 431 g/mol. The summed E-state index contributed by atoms with van der Waals surface area (Å²) < 4.78 is 7.46. The van der Waals surface area contributed by atoms with E-state index in [1.54, 1.807) is 13.2 Å². The van der Waals surface area contributed by atoms with E-state index in [4.69, 9.17) is 40.2 Å².